The number of aromatic nitrogens is 3. The second-order valence-electron chi connectivity index (χ2n) is 5.59. The summed E-state index contributed by atoms with van der Waals surface area (Å²) in [5.74, 6) is 0.0823. The van der Waals surface area contributed by atoms with Crippen LogP contribution in [0.3, 0.4) is 0 Å². The van der Waals surface area contributed by atoms with E-state index in [0.29, 0.717) is 32.1 Å². The van der Waals surface area contributed by atoms with Crippen LogP contribution in [0.1, 0.15) is 21.9 Å². The summed E-state index contributed by atoms with van der Waals surface area (Å²) in [4.78, 5) is 28.9. The number of aryl methyl sites for hydroxylation is 2. The summed E-state index contributed by atoms with van der Waals surface area (Å²) in [6.07, 6.45) is 1.06. The molecule has 2 aromatic rings. The van der Waals surface area contributed by atoms with Gasteiger partial charge in [0.1, 0.15) is 11.5 Å². The molecular weight excluding hydrogens is 297 g/mol. The lowest BCUT2D eigenvalue weighted by atomic mass is 10.2. The van der Waals surface area contributed by atoms with Gasteiger partial charge in [0.2, 0.25) is 5.95 Å². The van der Waals surface area contributed by atoms with Crippen LogP contribution >= 0.6 is 0 Å². The number of nitrogens with zero attached hydrogens (tertiary/aromatic N) is 5. The van der Waals surface area contributed by atoms with Crippen molar-refractivity contribution in [3.63, 3.8) is 0 Å². The lowest BCUT2D eigenvalue weighted by Crippen LogP contribution is -2.49. The average Bonchev–Trinajstić information content (AvgIpc) is 2.54. The van der Waals surface area contributed by atoms with E-state index in [1.807, 2.05) is 19.9 Å². The van der Waals surface area contributed by atoms with Crippen molar-refractivity contribution < 1.29 is 9.18 Å². The number of carbonyl (C=O) groups is 1. The number of halogens is 1. The normalized spacial score (nSPS) is 14.9. The Balaban J connectivity index is 1.66. The zero-order valence-corrected chi connectivity index (χ0v) is 13.2. The quantitative estimate of drug-likeness (QED) is 0.842. The molecule has 3 heterocycles. The second-order valence-corrected chi connectivity index (χ2v) is 5.59. The van der Waals surface area contributed by atoms with Crippen molar-refractivity contribution in [1.82, 2.24) is 19.9 Å². The molecule has 0 bridgehead atoms. The lowest BCUT2D eigenvalue weighted by molar-refractivity contribution is 0.0740. The monoisotopic (exact) mass is 315 g/mol. The summed E-state index contributed by atoms with van der Waals surface area (Å²) in [6, 6.07) is 4.60. The van der Waals surface area contributed by atoms with Crippen LogP contribution in [0.2, 0.25) is 0 Å². The van der Waals surface area contributed by atoms with Crippen LogP contribution in [0.25, 0.3) is 0 Å². The van der Waals surface area contributed by atoms with Gasteiger partial charge < -0.3 is 9.80 Å². The van der Waals surface area contributed by atoms with Crippen molar-refractivity contribution >= 4 is 11.9 Å². The van der Waals surface area contributed by atoms with Gasteiger partial charge in [0.05, 0.1) is 6.20 Å². The van der Waals surface area contributed by atoms with Crippen molar-refractivity contribution in [2.45, 2.75) is 13.8 Å². The number of anilines is 1. The number of carbonyl (C=O) groups excluding carboxylic acids is 1. The molecule has 120 valence electrons. The first-order chi connectivity index (χ1) is 11.0. The maximum absolute atomic E-state index is 12.9. The number of hydrogen-bond acceptors (Lipinski definition) is 5. The minimum Gasteiger partial charge on any atom is -0.337 e. The van der Waals surface area contributed by atoms with Crippen molar-refractivity contribution in [3.8, 4) is 0 Å². The highest BCUT2D eigenvalue weighted by atomic mass is 19.1. The van der Waals surface area contributed by atoms with Crippen LogP contribution in [0.5, 0.6) is 0 Å². The number of amides is 1. The Morgan fingerprint density at radius 1 is 1.09 bits per heavy atom. The highest BCUT2D eigenvalue weighted by Crippen LogP contribution is 2.14. The fourth-order valence-electron chi connectivity index (χ4n) is 2.62. The number of rotatable bonds is 2. The zero-order chi connectivity index (χ0) is 16.4. The van der Waals surface area contributed by atoms with Crippen LogP contribution in [0.4, 0.5) is 10.3 Å². The molecule has 1 amide bonds. The SMILES string of the molecule is Cc1cc(C)nc(N2CCN(C(=O)c3ccc(F)cn3)CC2)n1. The molecule has 0 atom stereocenters. The Morgan fingerprint density at radius 2 is 1.74 bits per heavy atom. The fourth-order valence-corrected chi connectivity index (χ4v) is 2.62. The van der Waals surface area contributed by atoms with Gasteiger partial charge in [-0.1, -0.05) is 0 Å². The number of hydrogen-bond donors (Lipinski definition) is 0. The summed E-state index contributed by atoms with van der Waals surface area (Å²) in [5, 5.41) is 0. The Bertz CT molecular complexity index is 691. The lowest BCUT2D eigenvalue weighted by Gasteiger charge is -2.34. The molecule has 0 unspecified atom stereocenters. The van der Waals surface area contributed by atoms with E-state index in [2.05, 4.69) is 19.9 Å². The van der Waals surface area contributed by atoms with Gasteiger partial charge in [-0.3, -0.25) is 4.79 Å². The van der Waals surface area contributed by atoms with E-state index in [4.69, 9.17) is 0 Å². The molecule has 3 rings (SSSR count). The van der Waals surface area contributed by atoms with E-state index in [1.54, 1.807) is 4.90 Å². The van der Waals surface area contributed by atoms with Crippen LogP contribution < -0.4 is 4.90 Å². The van der Waals surface area contributed by atoms with Crippen LogP contribution in [0, 0.1) is 19.7 Å². The molecule has 2 aromatic heterocycles. The van der Waals surface area contributed by atoms with Gasteiger partial charge in [-0.2, -0.15) is 0 Å². The molecule has 1 fully saturated rings. The molecule has 0 aliphatic carbocycles. The summed E-state index contributed by atoms with van der Waals surface area (Å²) >= 11 is 0. The third-order valence-corrected chi connectivity index (χ3v) is 3.77. The standard InChI is InChI=1S/C16H18FN5O/c1-11-9-12(2)20-16(19-11)22-7-5-21(6-8-22)15(23)14-4-3-13(17)10-18-14/h3-4,9-10H,5-8H2,1-2H3. The van der Waals surface area contributed by atoms with Crippen LogP contribution in [-0.4, -0.2) is 51.9 Å². The van der Waals surface area contributed by atoms with E-state index < -0.39 is 5.82 Å². The van der Waals surface area contributed by atoms with Gasteiger partial charge in [-0.15, -0.1) is 0 Å². The van der Waals surface area contributed by atoms with E-state index in [9.17, 15) is 9.18 Å². The first-order valence-corrected chi connectivity index (χ1v) is 7.51. The average molecular weight is 315 g/mol. The van der Waals surface area contributed by atoms with E-state index in [0.717, 1.165) is 17.6 Å². The molecular formula is C16H18FN5O. The number of piperazine rings is 1. The fraction of sp³-hybridized carbons (Fsp3) is 0.375. The molecule has 23 heavy (non-hydrogen) atoms. The molecule has 0 spiro atoms. The van der Waals surface area contributed by atoms with Crippen molar-refractivity contribution in [1.29, 1.82) is 0 Å². The van der Waals surface area contributed by atoms with Gasteiger partial charge in [-0.25, -0.2) is 19.3 Å². The van der Waals surface area contributed by atoms with Crippen molar-refractivity contribution in [2.75, 3.05) is 31.1 Å². The zero-order valence-electron chi connectivity index (χ0n) is 13.2. The Labute approximate surface area is 134 Å². The summed E-state index contributed by atoms with van der Waals surface area (Å²) in [7, 11) is 0. The molecule has 1 aliphatic heterocycles. The molecule has 0 radical (unpaired) electrons. The first kappa shape index (κ1) is 15.3. The third kappa shape index (κ3) is 3.44. The molecule has 6 nitrogen and oxygen atoms in total. The van der Waals surface area contributed by atoms with Gasteiger partial charge in [0, 0.05) is 37.6 Å². The van der Waals surface area contributed by atoms with Gasteiger partial charge in [-0.05, 0) is 32.0 Å². The maximum Gasteiger partial charge on any atom is 0.272 e. The van der Waals surface area contributed by atoms with Crippen LogP contribution in [0.15, 0.2) is 24.4 Å². The summed E-state index contributed by atoms with van der Waals surface area (Å²) in [6.45, 7) is 6.34. The molecule has 7 heteroatoms. The smallest absolute Gasteiger partial charge is 0.272 e. The van der Waals surface area contributed by atoms with E-state index in [-0.39, 0.29) is 11.6 Å². The minimum atomic E-state index is -0.446. The van der Waals surface area contributed by atoms with E-state index >= 15 is 0 Å². The van der Waals surface area contributed by atoms with Crippen molar-refractivity contribution in [2.24, 2.45) is 0 Å². The largest absolute Gasteiger partial charge is 0.337 e. The van der Waals surface area contributed by atoms with Crippen molar-refractivity contribution in [3.05, 3.63) is 47.3 Å². The second kappa shape index (κ2) is 6.28. The third-order valence-electron chi connectivity index (χ3n) is 3.77. The Kier molecular flexibility index (Phi) is 4.18. The summed E-state index contributed by atoms with van der Waals surface area (Å²) < 4.78 is 12.9. The number of pyridine rings is 1. The Hall–Kier alpha value is -2.57. The van der Waals surface area contributed by atoms with Crippen LogP contribution in [-0.2, 0) is 0 Å². The predicted octanol–water partition coefficient (Wildman–Crippen LogP) is 1.59. The highest BCUT2D eigenvalue weighted by molar-refractivity contribution is 5.92. The van der Waals surface area contributed by atoms with Gasteiger partial charge in [0.15, 0.2) is 0 Å². The maximum atomic E-state index is 12.9. The molecule has 1 saturated heterocycles. The molecule has 0 aromatic carbocycles. The topological polar surface area (TPSA) is 62.2 Å². The minimum absolute atomic E-state index is 0.175. The highest BCUT2D eigenvalue weighted by Gasteiger charge is 2.24. The summed E-state index contributed by atoms with van der Waals surface area (Å²) in [5.41, 5.74) is 2.13. The predicted molar refractivity (Wildman–Crippen MR) is 83.8 cm³/mol. The molecule has 1 aliphatic rings. The van der Waals surface area contributed by atoms with Gasteiger partial charge in [0.25, 0.3) is 5.91 Å². The van der Waals surface area contributed by atoms with E-state index in [1.165, 1.54) is 12.1 Å². The molecule has 0 saturated carbocycles. The first-order valence-electron chi connectivity index (χ1n) is 7.51. The Morgan fingerprint density at radius 3 is 2.30 bits per heavy atom. The van der Waals surface area contributed by atoms with Gasteiger partial charge >= 0.3 is 0 Å². The molecule has 0 N–H and O–H groups in total.